The second kappa shape index (κ2) is 10.5. The van der Waals surface area contributed by atoms with Gasteiger partial charge in [0.05, 0.1) is 0 Å². The van der Waals surface area contributed by atoms with Gasteiger partial charge in [-0.05, 0) is 35.7 Å². The van der Waals surface area contributed by atoms with Crippen molar-refractivity contribution in [2.24, 2.45) is 5.92 Å². The summed E-state index contributed by atoms with van der Waals surface area (Å²) < 4.78 is 33.2. The lowest BCUT2D eigenvalue weighted by Gasteiger charge is -2.27. The van der Waals surface area contributed by atoms with Crippen molar-refractivity contribution in [1.82, 2.24) is 10.2 Å². The van der Waals surface area contributed by atoms with E-state index in [1.165, 1.54) is 11.0 Å². The van der Waals surface area contributed by atoms with Gasteiger partial charge in [-0.2, -0.15) is 0 Å². The van der Waals surface area contributed by atoms with E-state index in [4.69, 9.17) is 4.74 Å². The largest absolute Gasteiger partial charge is 0.490 e. The van der Waals surface area contributed by atoms with Gasteiger partial charge in [-0.15, -0.1) is 0 Å². The first-order chi connectivity index (χ1) is 14.2. The quantitative estimate of drug-likeness (QED) is 0.630. The molecule has 5 nitrogen and oxygen atoms in total. The van der Waals surface area contributed by atoms with Gasteiger partial charge in [0.15, 0.2) is 0 Å². The summed E-state index contributed by atoms with van der Waals surface area (Å²) in [5.41, 5.74) is 0.166. The number of carbonyl (C=O) groups is 2. The topological polar surface area (TPSA) is 58.6 Å². The van der Waals surface area contributed by atoms with Crippen LogP contribution in [0.3, 0.4) is 0 Å². The summed E-state index contributed by atoms with van der Waals surface area (Å²) in [4.78, 5) is 26.8. The second-order valence-corrected chi connectivity index (χ2v) is 7.23. The van der Waals surface area contributed by atoms with Gasteiger partial charge < -0.3 is 15.0 Å². The summed E-state index contributed by atoms with van der Waals surface area (Å²) in [6, 6.07) is 9.49. The maximum Gasteiger partial charge on any atom is 0.257 e. The average molecular weight is 416 g/mol. The van der Waals surface area contributed by atoms with E-state index in [1.807, 2.05) is 12.1 Å². The molecule has 1 atom stereocenters. The van der Waals surface area contributed by atoms with Crippen LogP contribution in [0.1, 0.15) is 29.8 Å². The molecule has 7 heteroatoms. The standard InChI is InChI=1S/C23H26F2N2O3/c1-5-13-30-17-11-9-16(10-12-17)14-27(4)23(29)21(15(2)3)26-22(28)20-18(24)7-6-8-19(20)25/h5-12,15,21H,1,13-14H2,2-4H3,(H,26,28)/t21-/m0/s1. The van der Waals surface area contributed by atoms with Crippen LogP contribution in [0, 0.1) is 17.6 Å². The summed E-state index contributed by atoms with van der Waals surface area (Å²) >= 11 is 0. The molecule has 2 aromatic carbocycles. The molecule has 160 valence electrons. The van der Waals surface area contributed by atoms with Gasteiger partial charge in [-0.3, -0.25) is 9.59 Å². The van der Waals surface area contributed by atoms with E-state index in [1.54, 1.807) is 39.1 Å². The van der Waals surface area contributed by atoms with Gasteiger partial charge in [-0.25, -0.2) is 8.78 Å². The Bertz CT molecular complexity index is 878. The average Bonchev–Trinajstić information content (AvgIpc) is 2.70. The monoisotopic (exact) mass is 416 g/mol. The zero-order valence-electron chi connectivity index (χ0n) is 17.3. The number of rotatable bonds is 9. The predicted octanol–water partition coefficient (Wildman–Crippen LogP) is 3.94. The van der Waals surface area contributed by atoms with Crippen LogP contribution in [-0.4, -0.2) is 36.4 Å². The molecule has 0 saturated heterocycles. The zero-order chi connectivity index (χ0) is 22.3. The maximum absolute atomic E-state index is 13.9. The molecular formula is C23H26F2N2O3. The molecule has 1 N–H and O–H groups in total. The van der Waals surface area contributed by atoms with Crippen molar-refractivity contribution in [1.29, 1.82) is 0 Å². The van der Waals surface area contributed by atoms with Gasteiger partial charge in [0, 0.05) is 13.6 Å². The highest BCUT2D eigenvalue weighted by atomic mass is 19.1. The summed E-state index contributed by atoms with van der Waals surface area (Å²) in [5, 5.41) is 2.47. The Morgan fingerprint density at radius 2 is 1.73 bits per heavy atom. The van der Waals surface area contributed by atoms with Crippen LogP contribution >= 0.6 is 0 Å². The van der Waals surface area contributed by atoms with Crippen molar-refractivity contribution in [3.63, 3.8) is 0 Å². The molecule has 0 aliphatic heterocycles. The third-order valence-electron chi connectivity index (χ3n) is 4.50. The molecule has 30 heavy (non-hydrogen) atoms. The molecule has 0 unspecified atom stereocenters. The molecule has 0 bridgehead atoms. The third-order valence-corrected chi connectivity index (χ3v) is 4.50. The van der Waals surface area contributed by atoms with Crippen LogP contribution in [0.15, 0.2) is 55.1 Å². The van der Waals surface area contributed by atoms with Gasteiger partial charge >= 0.3 is 0 Å². The Morgan fingerprint density at radius 1 is 1.13 bits per heavy atom. The molecule has 0 aliphatic rings. The Kier molecular flexibility index (Phi) is 8.09. The van der Waals surface area contributed by atoms with E-state index < -0.39 is 29.1 Å². The predicted molar refractivity (Wildman–Crippen MR) is 111 cm³/mol. The first-order valence-corrected chi connectivity index (χ1v) is 9.57. The zero-order valence-corrected chi connectivity index (χ0v) is 17.3. The van der Waals surface area contributed by atoms with Crippen LogP contribution in [0.4, 0.5) is 8.78 Å². The molecular weight excluding hydrogens is 390 g/mol. The number of amides is 2. The first kappa shape index (κ1) is 23.1. The molecule has 0 fully saturated rings. The minimum atomic E-state index is -0.977. The van der Waals surface area contributed by atoms with Crippen molar-refractivity contribution >= 4 is 11.8 Å². The Balaban J connectivity index is 2.08. The van der Waals surface area contributed by atoms with E-state index in [9.17, 15) is 18.4 Å². The number of hydrogen-bond acceptors (Lipinski definition) is 3. The number of halogens is 2. The number of carbonyl (C=O) groups excluding carboxylic acids is 2. The van der Waals surface area contributed by atoms with Crippen molar-refractivity contribution in [2.45, 2.75) is 26.4 Å². The van der Waals surface area contributed by atoms with Gasteiger partial charge in [0.2, 0.25) is 5.91 Å². The van der Waals surface area contributed by atoms with Gasteiger partial charge in [0.25, 0.3) is 5.91 Å². The van der Waals surface area contributed by atoms with Gasteiger partial charge in [-0.1, -0.05) is 44.7 Å². The highest BCUT2D eigenvalue weighted by Crippen LogP contribution is 2.16. The lowest BCUT2D eigenvalue weighted by Crippen LogP contribution is -2.50. The normalized spacial score (nSPS) is 11.7. The Morgan fingerprint density at radius 3 is 2.27 bits per heavy atom. The summed E-state index contributed by atoms with van der Waals surface area (Å²) in [7, 11) is 1.61. The molecule has 2 rings (SSSR count). The fourth-order valence-electron chi connectivity index (χ4n) is 2.88. The molecule has 0 aromatic heterocycles. The van der Waals surface area contributed by atoms with Crippen LogP contribution in [0.5, 0.6) is 5.75 Å². The van der Waals surface area contributed by atoms with E-state index in [-0.39, 0.29) is 11.8 Å². The lowest BCUT2D eigenvalue weighted by molar-refractivity contribution is -0.133. The summed E-state index contributed by atoms with van der Waals surface area (Å²) in [6.45, 7) is 7.79. The SMILES string of the molecule is C=CCOc1ccc(CN(C)C(=O)[C@@H](NC(=O)c2c(F)cccc2F)C(C)C)cc1. The number of nitrogens with zero attached hydrogens (tertiary/aromatic N) is 1. The van der Waals surface area contributed by atoms with E-state index in [0.29, 0.717) is 18.9 Å². The van der Waals surface area contributed by atoms with Crippen LogP contribution < -0.4 is 10.1 Å². The molecule has 0 spiro atoms. The number of benzene rings is 2. The minimum Gasteiger partial charge on any atom is -0.490 e. The summed E-state index contributed by atoms with van der Waals surface area (Å²) in [6.07, 6.45) is 1.65. The maximum atomic E-state index is 13.9. The number of hydrogen-bond donors (Lipinski definition) is 1. The fraction of sp³-hybridized carbons (Fsp3) is 0.304. The molecule has 0 aliphatic carbocycles. The van der Waals surface area contributed by atoms with E-state index in [2.05, 4.69) is 11.9 Å². The molecule has 0 radical (unpaired) electrons. The van der Waals surface area contributed by atoms with Crippen molar-refractivity contribution in [3.05, 3.63) is 77.9 Å². The Hall–Kier alpha value is -3.22. The van der Waals surface area contributed by atoms with Crippen LogP contribution in [0.2, 0.25) is 0 Å². The Labute approximate surface area is 175 Å². The molecule has 2 aromatic rings. The smallest absolute Gasteiger partial charge is 0.257 e. The minimum absolute atomic E-state index is 0.284. The molecule has 0 saturated carbocycles. The van der Waals surface area contributed by atoms with Crippen molar-refractivity contribution < 1.29 is 23.1 Å². The number of ether oxygens (including phenoxy) is 1. The van der Waals surface area contributed by atoms with E-state index >= 15 is 0 Å². The number of likely N-dealkylation sites (N-methyl/N-ethyl adjacent to an activating group) is 1. The van der Waals surface area contributed by atoms with Gasteiger partial charge in [0.1, 0.15) is 35.6 Å². The highest BCUT2D eigenvalue weighted by Gasteiger charge is 2.29. The lowest BCUT2D eigenvalue weighted by atomic mass is 10.0. The van der Waals surface area contributed by atoms with E-state index in [0.717, 1.165) is 17.7 Å². The molecule has 2 amide bonds. The number of nitrogens with one attached hydrogen (secondary N) is 1. The van der Waals surface area contributed by atoms with Crippen molar-refractivity contribution in [2.75, 3.05) is 13.7 Å². The van der Waals surface area contributed by atoms with Crippen LogP contribution in [0.25, 0.3) is 0 Å². The van der Waals surface area contributed by atoms with Crippen molar-refractivity contribution in [3.8, 4) is 5.75 Å². The highest BCUT2D eigenvalue weighted by molar-refractivity contribution is 5.98. The molecule has 0 heterocycles. The second-order valence-electron chi connectivity index (χ2n) is 7.23. The van der Waals surface area contributed by atoms with Crippen LogP contribution in [-0.2, 0) is 11.3 Å². The third kappa shape index (κ3) is 5.89. The fourth-order valence-corrected chi connectivity index (χ4v) is 2.88. The summed E-state index contributed by atoms with van der Waals surface area (Å²) in [5.74, 6) is -2.87. The first-order valence-electron chi connectivity index (χ1n) is 9.57.